The van der Waals surface area contributed by atoms with Crippen LogP contribution in [0.5, 0.6) is 0 Å². The highest BCUT2D eigenvalue weighted by Gasteiger charge is 2.23. The van der Waals surface area contributed by atoms with Crippen molar-refractivity contribution in [2.45, 2.75) is 12.6 Å². The van der Waals surface area contributed by atoms with E-state index in [0.717, 1.165) is 24.5 Å². The first-order valence-corrected chi connectivity index (χ1v) is 4.96. The Morgan fingerprint density at radius 3 is 3.33 bits per heavy atom. The first-order chi connectivity index (χ1) is 7.45. The zero-order valence-electron chi connectivity index (χ0n) is 8.17. The van der Waals surface area contributed by atoms with Crippen molar-refractivity contribution in [1.29, 1.82) is 0 Å². The van der Waals surface area contributed by atoms with Gasteiger partial charge in [0.2, 0.25) is 0 Å². The summed E-state index contributed by atoms with van der Waals surface area (Å²) in [4.78, 5) is 4.12. The Morgan fingerprint density at radius 2 is 2.47 bits per heavy atom. The van der Waals surface area contributed by atoms with Gasteiger partial charge in [-0.15, -0.1) is 10.2 Å². The molecule has 2 aromatic rings. The van der Waals surface area contributed by atoms with Crippen LogP contribution in [-0.2, 0) is 6.54 Å². The summed E-state index contributed by atoms with van der Waals surface area (Å²) in [5.74, 6) is 0.967. The number of nitrogens with one attached hydrogen (secondary N) is 1. The maximum Gasteiger partial charge on any atom is 0.154 e. The molecule has 2 aromatic heterocycles. The molecule has 1 aliphatic rings. The van der Waals surface area contributed by atoms with Gasteiger partial charge in [0.1, 0.15) is 6.33 Å². The number of hydrogen-bond acceptors (Lipinski definition) is 4. The van der Waals surface area contributed by atoms with Gasteiger partial charge in [-0.1, -0.05) is 6.07 Å². The van der Waals surface area contributed by atoms with Crippen molar-refractivity contribution in [3.05, 3.63) is 42.2 Å². The van der Waals surface area contributed by atoms with E-state index in [0.29, 0.717) is 0 Å². The maximum absolute atomic E-state index is 4.14. The quantitative estimate of drug-likeness (QED) is 0.724. The van der Waals surface area contributed by atoms with Crippen LogP contribution in [0.3, 0.4) is 0 Å². The number of nitrogens with zero attached hydrogens (tertiary/aromatic N) is 4. The topological polar surface area (TPSA) is 55.6 Å². The summed E-state index contributed by atoms with van der Waals surface area (Å²) in [6.45, 7) is 1.86. The van der Waals surface area contributed by atoms with E-state index in [1.807, 2.05) is 12.3 Å². The Morgan fingerprint density at radius 1 is 1.47 bits per heavy atom. The lowest BCUT2D eigenvalue weighted by atomic mass is 10.1. The lowest BCUT2D eigenvalue weighted by Crippen LogP contribution is -2.34. The van der Waals surface area contributed by atoms with Crippen LogP contribution in [0.2, 0.25) is 0 Å². The normalized spacial score (nSPS) is 19.9. The Labute approximate surface area is 87.2 Å². The summed E-state index contributed by atoms with van der Waals surface area (Å²) in [7, 11) is 0. The third-order valence-electron chi connectivity index (χ3n) is 2.62. The molecular weight excluding hydrogens is 190 g/mol. The molecule has 0 radical (unpaired) electrons. The lowest BCUT2D eigenvalue weighted by Gasteiger charge is -2.23. The highest BCUT2D eigenvalue weighted by Crippen LogP contribution is 2.21. The van der Waals surface area contributed by atoms with Crippen LogP contribution in [0.4, 0.5) is 0 Å². The summed E-state index contributed by atoms with van der Waals surface area (Å²) in [5, 5.41) is 11.5. The van der Waals surface area contributed by atoms with Gasteiger partial charge in [-0.25, -0.2) is 0 Å². The zero-order chi connectivity index (χ0) is 10.1. The van der Waals surface area contributed by atoms with Gasteiger partial charge in [-0.3, -0.25) is 4.98 Å². The first-order valence-electron chi connectivity index (χ1n) is 4.96. The number of aromatic nitrogens is 4. The molecule has 1 N–H and O–H groups in total. The van der Waals surface area contributed by atoms with Crippen LogP contribution in [-0.4, -0.2) is 26.3 Å². The highest BCUT2D eigenvalue weighted by atomic mass is 15.3. The van der Waals surface area contributed by atoms with Crippen LogP contribution < -0.4 is 5.32 Å². The lowest BCUT2D eigenvalue weighted by molar-refractivity contribution is 0.455. The second-order valence-electron chi connectivity index (χ2n) is 3.56. The van der Waals surface area contributed by atoms with Gasteiger partial charge in [0, 0.05) is 25.5 Å². The van der Waals surface area contributed by atoms with Gasteiger partial charge in [-0.2, -0.15) is 0 Å². The van der Waals surface area contributed by atoms with Gasteiger partial charge >= 0.3 is 0 Å². The SMILES string of the molecule is c1cncc(C2NCCn3cnnc32)c1. The molecule has 0 amide bonds. The standard InChI is InChI=1S/C10H11N5/c1-2-8(6-11-3-1)9-10-14-13-7-15(10)5-4-12-9/h1-3,6-7,9,12H,4-5H2. The van der Waals surface area contributed by atoms with Crippen LogP contribution in [0.1, 0.15) is 17.4 Å². The molecule has 1 unspecified atom stereocenters. The molecule has 0 fully saturated rings. The van der Waals surface area contributed by atoms with Crippen molar-refractivity contribution in [3.63, 3.8) is 0 Å². The molecule has 1 aliphatic heterocycles. The predicted octanol–water partition coefficient (Wildman–Crippen LogP) is 0.366. The molecule has 5 nitrogen and oxygen atoms in total. The third kappa shape index (κ3) is 1.41. The molecular formula is C10H11N5. The minimum Gasteiger partial charge on any atom is -0.315 e. The highest BCUT2D eigenvalue weighted by molar-refractivity contribution is 5.22. The average molecular weight is 201 g/mol. The predicted molar refractivity (Wildman–Crippen MR) is 54.1 cm³/mol. The molecule has 3 rings (SSSR count). The molecule has 0 saturated carbocycles. The Balaban J connectivity index is 2.03. The number of rotatable bonds is 1. The summed E-state index contributed by atoms with van der Waals surface area (Å²) in [6.07, 6.45) is 5.42. The van der Waals surface area contributed by atoms with Crippen molar-refractivity contribution < 1.29 is 0 Å². The molecule has 0 aromatic carbocycles. The van der Waals surface area contributed by atoms with E-state index >= 15 is 0 Å². The number of fused-ring (bicyclic) bond motifs is 1. The second kappa shape index (κ2) is 3.43. The number of hydrogen-bond donors (Lipinski definition) is 1. The van der Waals surface area contributed by atoms with Crippen LogP contribution in [0, 0.1) is 0 Å². The summed E-state index contributed by atoms with van der Waals surface area (Å²) >= 11 is 0. The Kier molecular flexibility index (Phi) is 1.96. The smallest absolute Gasteiger partial charge is 0.154 e. The summed E-state index contributed by atoms with van der Waals surface area (Å²) < 4.78 is 2.08. The monoisotopic (exact) mass is 201 g/mol. The first kappa shape index (κ1) is 8.55. The minimum atomic E-state index is 0.120. The van der Waals surface area contributed by atoms with Crippen LogP contribution >= 0.6 is 0 Å². The minimum absolute atomic E-state index is 0.120. The van der Waals surface area contributed by atoms with Gasteiger partial charge in [-0.05, 0) is 11.6 Å². The van der Waals surface area contributed by atoms with E-state index in [1.54, 1.807) is 12.5 Å². The molecule has 1 atom stereocenters. The van der Waals surface area contributed by atoms with Crippen molar-refractivity contribution in [3.8, 4) is 0 Å². The van der Waals surface area contributed by atoms with Crippen molar-refractivity contribution >= 4 is 0 Å². The molecule has 0 aliphatic carbocycles. The molecule has 3 heterocycles. The largest absolute Gasteiger partial charge is 0.315 e. The van der Waals surface area contributed by atoms with E-state index in [9.17, 15) is 0 Å². The molecule has 76 valence electrons. The van der Waals surface area contributed by atoms with Gasteiger partial charge in [0.15, 0.2) is 5.82 Å². The third-order valence-corrected chi connectivity index (χ3v) is 2.62. The van der Waals surface area contributed by atoms with Gasteiger partial charge in [0.25, 0.3) is 0 Å². The zero-order valence-corrected chi connectivity index (χ0v) is 8.17. The van der Waals surface area contributed by atoms with E-state index < -0.39 is 0 Å². The molecule has 0 saturated heterocycles. The molecule has 0 spiro atoms. The fraction of sp³-hybridized carbons (Fsp3) is 0.300. The van der Waals surface area contributed by atoms with Gasteiger partial charge < -0.3 is 9.88 Å². The van der Waals surface area contributed by atoms with E-state index in [-0.39, 0.29) is 6.04 Å². The van der Waals surface area contributed by atoms with E-state index in [4.69, 9.17) is 0 Å². The van der Waals surface area contributed by atoms with Gasteiger partial charge in [0.05, 0.1) is 6.04 Å². The fourth-order valence-electron chi connectivity index (χ4n) is 1.89. The van der Waals surface area contributed by atoms with Crippen molar-refractivity contribution in [1.82, 2.24) is 25.1 Å². The van der Waals surface area contributed by atoms with E-state index in [2.05, 4.69) is 31.1 Å². The summed E-state index contributed by atoms with van der Waals surface area (Å²) in [5.41, 5.74) is 1.13. The Bertz CT molecular complexity index is 450. The van der Waals surface area contributed by atoms with Crippen LogP contribution in [0.15, 0.2) is 30.9 Å². The number of pyridine rings is 1. The molecule has 5 heteroatoms. The molecule has 15 heavy (non-hydrogen) atoms. The average Bonchev–Trinajstić information content (AvgIpc) is 2.78. The Hall–Kier alpha value is -1.75. The van der Waals surface area contributed by atoms with E-state index in [1.165, 1.54) is 0 Å². The van der Waals surface area contributed by atoms with Crippen molar-refractivity contribution in [2.24, 2.45) is 0 Å². The fourth-order valence-corrected chi connectivity index (χ4v) is 1.89. The summed E-state index contributed by atoms with van der Waals surface area (Å²) in [6, 6.07) is 4.11. The molecule has 0 bridgehead atoms. The maximum atomic E-state index is 4.14. The van der Waals surface area contributed by atoms with Crippen LogP contribution in [0.25, 0.3) is 0 Å². The van der Waals surface area contributed by atoms with Crippen molar-refractivity contribution in [2.75, 3.05) is 6.54 Å². The second-order valence-corrected chi connectivity index (χ2v) is 3.56.